The average molecular weight is 317 g/mol. The Bertz CT molecular complexity index is 611. The summed E-state index contributed by atoms with van der Waals surface area (Å²) in [5, 5.41) is 12.2. The van der Waals surface area contributed by atoms with Crippen molar-refractivity contribution in [2.45, 2.75) is 12.5 Å². The lowest BCUT2D eigenvalue weighted by atomic mass is 10.1. The molecule has 1 fully saturated rings. The van der Waals surface area contributed by atoms with Crippen LogP contribution < -0.4 is 5.32 Å². The molecule has 0 bridgehead atoms. The zero-order valence-corrected chi connectivity index (χ0v) is 11.8. The standard InChI is InChI=1S/C14H13BrN4/c15-11-3-1-10(2-4-11)13-8-18-14(19-13)12-5-9(6-16)7-17-12/h1-4,8-9,12,17H,5,7H2,(H,18,19)/t9-,12+/m1/s1. The van der Waals surface area contributed by atoms with Crippen molar-refractivity contribution in [1.29, 1.82) is 5.26 Å². The summed E-state index contributed by atoms with van der Waals surface area (Å²) in [4.78, 5) is 7.76. The summed E-state index contributed by atoms with van der Waals surface area (Å²) >= 11 is 3.43. The fourth-order valence-electron chi connectivity index (χ4n) is 2.33. The van der Waals surface area contributed by atoms with Crippen molar-refractivity contribution >= 4 is 15.9 Å². The average Bonchev–Trinajstić information content (AvgIpc) is 3.08. The molecule has 2 atom stereocenters. The molecule has 2 heterocycles. The molecule has 0 spiro atoms. The van der Waals surface area contributed by atoms with Gasteiger partial charge in [-0.15, -0.1) is 0 Å². The third-order valence-corrected chi connectivity index (χ3v) is 3.92. The molecule has 1 aliphatic rings. The van der Waals surface area contributed by atoms with Crippen molar-refractivity contribution in [1.82, 2.24) is 15.3 Å². The van der Waals surface area contributed by atoms with E-state index in [1.807, 2.05) is 30.5 Å². The topological polar surface area (TPSA) is 64.5 Å². The van der Waals surface area contributed by atoms with E-state index in [0.717, 1.165) is 34.5 Å². The van der Waals surface area contributed by atoms with Gasteiger partial charge >= 0.3 is 0 Å². The van der Waals surface area contributed by atoms with Crippen LogP contribution in [0.1, 0.15) is 18.3 Å². The molecule has 3 rings (SSSR count). The summed E-state index contributed by atoms with van der Waals surface area (Å²) in [7, 11) is 0. The van der Waals surface area contributed by atoms with Gasteiger partial charge in [-0.1, -0.05) is 28.1 Å². The highest BCUT2D eigenvalue weighted by Gasteiger charge is 2.27. The predicted octanol–water partition coefficient (Wildman–Crippen LogP) is 3.01. The number of aromatic nitrogens is 2. The Morgan fingerprint density at radius 1 is 1.32 bits per heavy atom. The highest BCUT2D eigenvalue weighted by molar-refractivity contribution is 9.10. The van der Waals surface area contributed by atoms with Gasteiger partial charge in [0.05, 0.1) is 29.9 Å². The Hall–Kier alpha value is -1.64. The van der Waals surface area contributed by atoms with Crippen molar-refractivity contribution in [3.8, 4) is 17.3 Å². The molecule has 2 N–H and O–H groups in total. The van der Waals surface area contributed by atoms with Gasteiger partial charge in [-0.25, -0.2) is 4.98 Å². The molecule has 1 aromatic heterocycles. The van der Waals surface area contributed by atoms with Crippen LogP contribution in [0.4, 0.5) is 0 Å². The highest BCUT2D eigenvalue weighted by Crippen LogP contribution is 2.27. The van der Waals surface area contributed by atoms with Gasteiger partial charge in [-0.2, -0.15) is 5.26 Å². The van der Waals surface area contributed by atoms with Gasteiger partial charge in [0.25, 0.3) is 0 Å². The first-order valence-corrected chi connectivity index (χ1v) is 6.99. The van der Waals surface area contributed by atoms with Gasteiger partial charge in [0, 0.05) is 11.0 Å². The second-order valence-corrected chi connectivity index (χ2v) is 5.63. The van der Waals surface area contributed by atoms with Crippen LogP contribution in [0.15, 0.2) is 34.9 Å². The molecule has 96 valence electrons. The van der Waals surface area contributed by atoms with E-state index >= 15 is 0 Å². The minimum absolute atomic E-state index is 0.0891. The van der Waals surface area contributed by atoms with E-state index in [-0.39, 0.29) is 12.0 Å². The molecule has 1 aliphatic heterocycles. The van der Waals surface area contributed by atoms with Gasteiger partial charge in [-0.3, -0.25) is 0 Å². The van der Waals surface area contributed by atoms with Gasteiger partial charge in [-0.05, 0) is 24.1 Å². The molecule has 5 heteroatoms. The summed E-state index contributed by atoms with van der Waals surface area (Å²) in [6, 6.07) is 10.6. The van der Waals surface area contributed by atoms with Gasteiger partial charge in [0.15, 0.2) is 0 Å². The van der Waals surface area contributed by atoms with E-state index in [9.17, 15) is 0 Å². The van der Waals surface area contributed by atoms with E-state index in [1.54, 1.807) is 0 Å². The first-order chi connectivity index (χ1) is 9.26. The van der Waals surface area contributed by atoms with Crippen molar-refractivity contribution in [3.05, 3.63) is 40.8 Å². The Kier molecular flexibility index (Phi) is 3.36. The molecular formula is C14H13BrN4. The third-order valence-electron chi connectivity index (χ3n) is 3.39. The number of hydrogen-bond donors (Lipinski definition) is 2. The molecular weight excluding hydrogens is 304 g/mol. The molecule has 1 aromatic carbocycles. The normalized spacial score (nSPS) is 22.3. The third kappa shape index (κ3) is 2.55. The lowest BCUT2D eigenvalue weighted by Crippen LogP contribution is -2.14. The van der Waals surface area contributed by atoms with Crippen LogP contribution in [0, 0.1) is 17.2 Å². The van der Waals surface area contributed by atoms with Crippen molar-refractivity contribution in [3.63, 3.8) is 0 Å². The SMILES string of the molecule is N#C[C@@H]1CN[C@H](c2ncc(-c3ccc(Br)cc3)[nH]2)C1. The first kappa shape index (κ1) is 12.4. The summed E-state index contributed by atoms with van der Waals surface area (Å²) in [5.74, 6) is 1.00. The second kappa shape index (κ2) is 5.16. The maximum Gasteiger partial charge on any atom is 0.123 e. The lowest BCUT2D eigenvalue weighted by Gasteiger charge is -2.05. The number of imidazole rings is 1. The van der Waals surface area contributed by atoms with Crippen LogP contribution in [0.25, 0.3) is 11.3 Å². The minimum Gasteiger partial charge on any atom is -0.341 e. The molecule has 2 aromatic rings. The second-order valence-electron chi connectivity index (χ2n) is 4.71. The minimum atomic E-state index is 0.0891. The Morgan fingerprint density at radius 2 is 2.11 bits per heavy atom. The number of nitrogens with one attached hydrogen (secondary N) is 2. The van der Waals surface area contributed by atoms with Gasteiger partial charge in [0.1, 0.15) is 5.82 Å². The molecule has 19 heavy (non-hydrogen) atoms. The first-order valence-electron chi connectivity index (χ1n) is 6.20. The molecule has 4 nitrogen and oxygen atoms in total. The van der Waals surface area contributed by atoms with Crippen LogP contribution in [0.5, 0.6) is 0 Å². The Labute approximate surface area is 120 Å². The number of nitriles is 1. The largest absolute Gasteiger partial charge is 0.341 e. The fraction of sp³-hybridized carbons (Fsp3) is 0.286. The molecule has 0 radical (unpaired) electrons. The zero-order valence-electron chi connectivity index (χ0n) is 10.2. The summed E-state index contributed by atoms with van der Waals surface area (Å²) in [6.45, 7) is 0.746. The zero-order chi connectivity index (χ0) is 13.2. The van der Waals surface area contributed by atoms with E-state index in [2.05, 4.69) is 37.3 Å². The summed E-state index contributed by atoms with van der Waals surface area (Å²) in [5.41, 5.74) is 2.11. The van der Waals surface area contributed by atoms with Crippen LogP contribution >= 0.6 is 15.9 Å². The van der Waals surface area contributed by atoms with Crippen LogP contribution in [-0.4, -0.2) is 16.5 Å². The van der Waals surface area contributed by atoms with Crippen LogP contribution in [-0.2, 0) is 0 Å². The van der Waals surface area contributed by atoms with Crippen molar-refractivity contribution in [2.75, 3.05) is 6.54 Å². The smallest absolute Gasteiger partial charge is 0.123 e. The monoisotopic (exact) mass is 316 g/mol. The van der Waals surface area contributed by atoms with Gasteiger partial charge < -0.3 is 10.3 Å². The number of rotatable bonds is 2. The number of H-pyrrole nitrogens is 1. The van der Waals surface area contributed by atoms with Crippen LogP contribution in [0.2, 0.25) is 0 Å². The number of halogens is 1. The van der Waals surface area contributed by atoms with Crippen molar-refractivity contribution < 1.29 is 0 Å². The molecule has 0 aliphatic carbocycles. The van der Waals surface area contributed by atoms with E-state index < -0.39 is 0 Å². The highest BCUT2D eigenvalue weighted by atomic mass is 79.9. The molecule has 0 amide bonds. The molecule has 1 saturated heterocycles. The maximum absolute atomic E-state index is 8.91. The quantitative estimate of drug-likeness (QED) is 0.895. The predicted molar refractivity (Wildman–Crippen MR) is 76.2 cm³/mol. The number of aromatic amines is 1. The summed E-state index contributed by atoms with van der Waals surface area (Å²) in [6.07, 6.45) is 2.67. The fourth-order valence-corrected chi connectivity index (χ4v) is 2.60. The van der Waals surface area contributed by atoms with Crippen LogP contribution in [0.3, 0.4) is 0 Å². The summed E-state index contributed by atoms with van der Waals surface area (Å²) < 4.78 is 1.06. The van der Waals surface area contributed by atoms with Gasteiger partial charge in [0.2, 0.25) is 0 Å². The number of hydrogen-bond acceptors (Lipinski definition) is 3. The van der Waals surface area contributed by atoms with Crippen molar-refractivity contribution in [2.24, 2.45) is 5.92 Å². The van der Waals surface area contributed by atoms with E-state index in [4.69, 9.17) is 5.26 Å². The number of nitrogens with zero attached hydrogens (tertiary/aromatic N) is 2. The lowest BCUT2D eigenvalue weighted by molar-refractivity contribution is 0.605. The maximum atomic E-state index is 8.91. The van der Waals surface area contributed by atoms with E-state index in [1.165, 1.54) is 0 Å². The van der Waals surface area contributed by atoms with E-state index in [0.29, 0.717) is 0 Å². The molecule has 0 saturated carbocycles. The Balaban J connectivity index is 1.80. The molecule has 0 unspecified atom stereocenters. The Morgan fingerprint density at radius 3 is 2.79 bits per heavy atom. The number of benzene rings is 1.